The number of methoxy groups -OCH3 is 1. The first-order chi connectivity index (χ1) is 11.3. The standard InChI is InChI=1S/C17H28N2O4S/c1-5-14(6-2)18-17(20)11-8-12-19(24(4,21)22)15-9-7-10-16(13-15)23-3/h7,9-10,13-14H,5-6,8,11-12H2,1-4H3,(H,18,20). The van der Waals surface area contributed by atoms with E-state index in [-0.39, 0.29) is 18.5 Å². The van der Waals surface area contributed by atoms with E-state index in [1.54, 1.807) is 24.3 Å². The average molecular weight is 356 g/mol. The van der Waals surface area contributed by atoms with E-state index in [2.05, 4.69) is 5.32 Å². The molecule has 0 radical (unpaired) electrons. The normalized spacial score (nSPS) is 11.4. The Balaban J connectivity index is 2.70. The molecule has 1 N–H and O–H groups in total. The Hall–Kier alpha value is -1.76. The van der Waals surface area contributed by atoms with Crippen molar-refractivity contribution in [3.8, 4) is 5.75 Å². The SMILES string of the molecule is CCC(CC)NC(=O)CCCN(c1cccc(OC)c1)S(C)(=O)=O. The number of ether oxygens (including phenoxy) is 1. The topological polar surface area (TPSA) is 75.7 Å². The van der Waals surface area contributed by atoms with Crippen LogP contribution in [0.3, 0.4) is 0 Å². The Morgan fingerprint density at radius 3 is 2.50 bits per heavy atom. The first-order valence-corrected chi connectivity index (χ1v) is 10.1. The van der Waals surface area contributed by atoms with Gasteiger partial charge in [-0.1, -0.05) is 19.9 Å². The van der Waals surface area contributed by atoms with Crippen molar-refractivity contribution in [3.05, 3.63) is 24.3 Å². The summed E-state index contributed by atoms with van der Waals surface area (Å²) >= 11 is 0. The summed E-state index contributed by atoms with van der Waals surface area (Å²) in [7, 11) is -1.89. The quantitative estimate of drug-likeness (QED) is 0.699. The summed E-state index contributed by atoms with van der Waals surface area (Å²) in [6, 6.07) is 7.07. The van der Waals surface area contributed by atoms with Crippen molar-refractivity contribution < 1.29 is 17.9 Å². The zero-order chi connectivity index (χ0) is 18.2. The lowest BCUT2D eigenvalue weighted by molar-refractivity contribution is -0.121. The van der Waals surface area contributed by atoms with Crippen molar-refractivity contribution in [1.82, 2.24) is 5.32 Å². The molecule has 0 aromatic heterocycles. The van der Waals surface area contributed by atoms with Crippen LogP contribution in [-0.4, -0.2) is 40.3 Å². The van der Waals surface area contributed by atoms with Gasteiger partial charge in [-0.3, -0.25) is 9.10 Å². The minimum absolute atomic E-state index is 0.0391. The van der Waals surface area contributed by atoms with E-state index < -0.39 is 10.0 Å². The van der Waals surface area contributed by atoms with E-state index in [9.17, 15) is 13.2 Å². The van der Waals surface area contributed by atoms with Crippen LogP contribution in [0.1, 0.15) is 39.5 Å². The Morgan fingerprint density at radius 2 is 1.96 bits per heavy atom. The monoisotopic (exact) mass is 356 g/mol. The summed E-state index contributed by atoms with van der Waals surface area (Å²) in [5.74, 6) is 0.551. The van der Waals surface area contributed by atoms with Gasteiger partial charge in [0.25, 0.3) is 0 Å². The van der Waals surface area contributed by atoms with Crippen LogP contribution in [0.4, 0.5) is 5.69 Å². The number of sulfonamides is 1. The van der Waals surface area contributed by atoms with Crippen LogP contribution in [0.2, 0.25) is 0 Å². The zero-order valence-corrected chi connectivity index (χ0v) is 15.7. The van der Waals surface area contributed by atoms with Gasteiger partial charge in [-0.25, -0.2) is 8.42 Å². The Kier molecular flexibility index (Phi) is 8.04. The molecule has 0 saturated heterocycles. The van der Waals surface area contributed by atoms with E-state index >= 15 is 0 Å². The lowest BCUT2D eigenvalue weighted by Gasteiger charge is -2.23. The van der Waals surface area contributed by atoms with Crippen LogP contribution in [0.5, 0.6) is 5.75 Å². The van der Waals surface area contributed by atoms with E-state index in [1.165, 1.54) is 11.4 Å². The summed E-state index contributed by atoms with van der Waals surface area (Å²) in [6.07, 6.45) is 3.70. The number of amides is 1. The predicted molar refractivity (Wildman–Crippen MR) is 96.9 cm³/mol. The number of rotatable bonds is 10. The van der Waals surface area contributed by atoms with Crippen LogP contribution < -0.4 is 14.4 Å². The lowest BCUT2D eigenvalue weighted by Crippen LogP contribution is -2.35. The van der Waals surface area contributed by atoms with E-state index in [0.717, 1.165) is 19.1 Å². The van der Waals surface area contributed by atoms with Gasteiger partial charge in [0, 0.05) is 25.1 Å². The number of nitrogens with one attached hydrogen (secondary N) is 1. The van der Waals surface area contributed by atoms with Crippen molar-refractivity contribution >= 4 is 21.6 Å². The fraction of sp³-hybridized carbons (Fsp3) is 0.588. The van der Waals surface area contributed by atoms with Crippen LogP contribution in [0.15, 0.2) is 24.3 Å². The fourth-order valence-electron chi connectivity index (χ4n) is 2.43. The second-order valence-corrected chi connectivity index (χ2v) is 7.63. The number of nitrogens with zero attached hydrogens (tertiary/aromatic N) is 1. The number of hydrogen-bond donors (Lipinski definition) is 1. The van der Waals surface area contributed by atoms with Crippen LogP contribution in [0.25, 0.3) is 0 Å². The molecule has 0 atom stereocenters. The molecule has 24 heavy (non-hydrogen) atoms. The van der Waals surface area contributed by atoms with Gasteiger partial charge in [-0.05, 0) is 31.4 Å². The summed E-state index contributed by atoms with van der Waals surface area (Å²) in [5.41, 5.74) is 0.539. The van der Waals surface area contributed by atoms with Crippen LogP contribution in [0, 0.1) is 0 Å². The first kappa shape index (κ1) is 20.3. The predicted octanol–water partition coefficient (Wildman–Crippen LogP) is 2.55. The number of carbonyl (C=O) groups excluding carboxylic acids is 1. The molecular weight excluding hydrogens is 328 g/mol. The summed E-state index contributed by atoms with van der Waals surface area (Å²) in [4.78, 5) is 11.9. The third-order valence-corrected chi connectivity index (χ3v) is 5.05. The molecule has 0 aliphatic rings. The molecule has 0 bridgehead atoms. The van der Waals surface area contributed by atoms with Crippen molar-refractivity contribution in [2.45, 2.75) is 45.6 Å². The summed E-state index contributed by atoms with van der Waals surface area (Å²) < 4.78 is 30.6. The average Bonchev–Trinajstić information content (AvgIpc) is 2.55. The second-order valence-electron chi connectivity index (χ2n) is 5.72. The molecular formula is C17H28N2O4S. The molecule has 0 aliphatic heterocycles. The largest absolute Gasteiger partial charge is 0.497 e. The summed E-state index contributed by atoms with van der Waals surface area (Å²) in [5, 5.41) is 2.96. The lowest BCUT2D eigenvalue weighted by atomic mass is 10.1. The van der Waals surface area contributed by atoms with Crippen molar-refractivity contribution in [2.24, 2.45) is 0 Å². The molecule has 6 nitrogen and oxygen atoms in total. The van der Waals surface area contributed by atoms with Gasteiger partial charge in [0.05, 0.1) is 19.1 Å². The van der Waals surface area contributed by atoms with Crippen LogP contribution in [-0.2, 0) is 14.8 Å². The van der Waals surface area contributed by atoms with Gasteiger partial charge in [0.15, 0.2) is 0 Å². The summed E-state index contributed by atoms with van der Waals surface area (Å²) in [6.45, 7) is 4.31. The van der Waals surface area contributed by atoms with E-state index in [0.29, 0.717) is 24.3 Å². The maximum absolute atomic E-state index is 12.1. The number of carbonyl (C=O) groups is 1. The molecule has 0 aliphatic carbocycles. The molecule has 0 unspecified atom stereocenters. The highest BCUT2D eigenvalue weighted by atomic mass is 32.2. The molecule has 0 spiro atoms. The number of hydrogen-bond acceptors (Lipinski definition) is 4. The Morgan fingerprint density at radius 1 is 1.29 bits per heavy atom. The van der Waals surface area contributed by atoms with Gasteiger partial charge in [0.1, 0.15) is 5.75 Å². The molecule has 1 aromatic carbocycles. The Bertz CT molecular complexity index is 627. The van der Waals surface area contributed by atoms with E-state index in [1.807, 2.05) is 13.8 Å². The third kappa shape index (κ3) is 6.39. The molecule has 136 valence electrons. The van der Waals surface area contributed by atoms with Crippen molar-refractivity contribution in [2.75, 3.05) is 24.2 Å². The second kappa shape index (κ2) is 9.52. The first-order valence-electron chi connectivity index (χ1n) is 8.22. The molecule has 0 saturated carbocycles. The highest BCUT2D eigenvalue weighted by Crippen LogP contribution is 2.23. The van der Waals surface area contributed by atoms with Gasteiger partial charge < -0.3 is 10.1 Å². The number of benzene rings is 1. The molecule has 0 fully saturated rings. The highest BCUT2D eigenvalue weighted by Gasteiger charge is 2.18. The third-order valence-electron chi connectivity index (χ3n) is 3.86. The highest BCUT2D eigenvalue weighted by molar-refractivity contribution is 7.92. The minimum atomic E-state index is -3.43. The van der Waals surface area contributed by atoms with Crippen molar-refractivity contribution in [3.63, 3.8) is 0 Å². The number of anilines is 1. The van der Waals surface area contributed by atoms with E-state index in [4.69, 9.17) is 4.74 Å². The van der Waals surface area contributed by atoms with Crippen LogP contribution >= 0.6 is 0 Å². The molecule has 1 rings (SSSR count). The maximum atomic E-state index is 12.1. The van der Waals surface area contributed by atoms with Gasteiger partial charge in [0.2, 0.25) is 15.9 Å². The minimum Gasteiger partial charge on any atom is -0.497 e. The fourth-order valence-corrected chi connectivity index (χ4v) is 3.39. The molecule has 1 amide bonds. The zero-order valence-electron chi connectivity index (χ0n) is 14.9. The smallest absolute Gasteiger partial charge is 0.232 e. The van der Waals surface area contributed by atoms with Gasteiger partial charge in [-0.15, -0.1) is 0 Å². The van der Waals surface area contributed by atoms with Crippen molar-refractivity contribution in [1.29, 1.82) is 0 Å². The Labute approximate surface area is 145 Å². The molecule has 7 heteroatoms. The molecule has 1 aromatic rings. The maximum Gasteiger partial charge on any atom is 0.232 e. The van der Waals surface area contributed by atoms with Gasteiger partial charge >= 0.3 is 0 Å². The molecule has 0 heterocycles. The van der Waals surface area contributed by atoms with Gasteiger partial charge in [-0.2, -0.15) is 0 Å².